The summed E-state index contributed by atoms with van der Waals surface area (Å²) in [6, 6.07) is 3.49. The lowest BCUT2D eigenvalue weighted by molar-refractivity contribution is -0.132. The van der Waals surface area contributed by atoms with Crippen LogP contribution in [0, 0.1) is 5.41 Å². The standard InChI is InChI=1S/C17H27N3O3/c1-3-17(4-2,12-18)16(22)19-13-7-9-20(10-8-13)15(21)14-6-5-11-23-14/h5-6,11,13H,3-4,7-10,12,18H2,1-2H3,(H,19,22). The van der Waals surface area contributed by atoms with Crippen molar-refractivity contribution in [1.82, 2.24) is 10.2 Å². The summed E-state index contributed by atoms with van der Waals surface area (Å²) in [6.07, 6.45) is 4.49. The zero-order chi connectivity index (χ0) is 16.9. The number of likely N-dealkylation sites (tertiary alicyclic amines) is 1. The molecule has 0 spiro atoms. The number of hydrogen-bond donors (Lipinski definition) is 2. The molecule has 6 nitrogen and oxygen atoms in total. The largest absolute Gasteiger partial charge is 0.459 e. The second-order valence-electron chi connectivity index (χ2n) is 6.21. The number of carbonyl (C=O) groups is 2. The molecule has 1 aliphatic heterocycles. The number of nitrogens with two attached hydrogens (primary N) is 1. The molecule has 2 amide bonds. The maximum absolute atomic E-state index is 12.5. The van der Waals surface area contributed by atoms with Crippen LogP contribution >= 0.6 is 0 Å². The van der Waals surface area contributed by atoms with Crippen LogP contribution in [0.25, 0.3) is 0 Å². The van der Waals surface area contributed by atoms with Crippen LogP contribution in [0.2, 0.25) is 0 Å². The lowest BCUT2D eigenvalue weighted by Crippen LogP contribution is -2.52. The van der Waals surface area contributed by atoms with Crippen molar-refractivity contribution in [2.45, 2.75) is 45.6 Å². The summed E-state index contributed by atoms with van der Waals surface area (Å²) in [7, 11) is 0. The minimum absolute atomic E-state index is 0.0424. The van der Waals surface area contributed by atoms with Crippen LogP contribution in [0.15, 0.2) is 22.8 Å². The second-order valence-corrected chi connectivity index (χ2v) is 6.21. The van der Waals surface area contributed by atoms with Gasteiger partial charge in [0.25, 0.3) is 5.91 Å². The number of nitrogens with one attached hydrogen (secondary N) is 1. The molecular weight excluding hydrogens is 294 g/mol. The van der Waals surface area contributed by atoms with Crippen molar-refractivity contribution in [3.05, 3.63) is 24.2 Å². The molecular formula is C17H27N3O3. The third-order valence-electron chi connectivity index (χ3n) is 5.08. The van der Waals surface area contributed by atoms with Gasteiger partial charge in [0.15, 0.2) is 5.76 Å². The molecule has 0 saturated carbocycles. The molecule has 3 N–H and O–H groups in total. The highest BCUT2D eigenvalue weighted by molar-refractivity contribution is 5.91. The Kier molecular flexibility index (Phi) is 5.82. The van der Waals surface area contributed by atoms with Crippen LogP contribution in [0.3, 0.4) is 0 Å². The molecule has 128 valence electrons. The van der Waals surface area contributed by atoms with E-state index in [-0.39, 0.29) is 17.9 Å². The molecule has 0 aliphatic carbocycles. The number of furan rings is 1. The highest BCUT2D eigenvalue weighted by Crippen LogP contribution is 2.26. The topological polar surface area (TPSA) is 88.6 Å². The van der Waals surface area contributed by atoms with Crippen molar-refractivity contribution in [1.29, 1.82) is 0 Å². The highest BCUT2D eigenvalue weighted by Gasteiger charge is 2.35. The third kappa shape index (κ3) is 3.75. The molecule has 1 aromatic rings. The Morgan fingerprint density at radius 3 is 2.48 bits per heavy atom. The summed E-state index contributed by atoms with van der Waals surface area (Å²) in [5, 5.41) is 3.13. The molecule has 1 saturated heterocycles. The Morgan fingerprint density at radius 1 is 1.35 bits per heavy atom. The van der Waals surface area contributed by atoms with E-state index in [1.165, 1.54) is 6.26 Å². The van der Waals surface area contributed by atoms with Gasteiger partial charge in [-0.05, 0) is 37.8 Å². The van der Waals surface area contributed by atoms with E-state index in [9.17, 15) is 9.59 Å². The van der Waals surface area contributed by atoms with Crippen molar-refractivity contribution in [3.63, 3.8) is 0 Å². The lowest BCUT2D eigenvalue weighted by atomic mass is 9.81. The van der Waals surface area contributed by atoms with Gasteiger partial charge in [0.2, 0.25) is 5.91 Å². The molecule has 1 aromatic heterocycles. The van der Waals surface area contributed by atoms with Crippen LogP contribution in [-0.2, 0) is 4.79 Å². The summed E-state index contributed by atoms with van der Waals surface area (Å²) in [4.78, 5) is 26.5. The first-order valence-corrected chi connectivity index (χ1v) is 8.40. The Labute approximate surface area is 137 Å². The molecule has 2 heterocycles. The van der Waals surface area contributed by atoms with Gasteiger partial charge in [0, 0.05) is 25.7 Å². The van der Waals surface area contributed by atoms with Crippen molar-refractivity contribution < 1.29 is 14.0 Å². The average Bonchev–Trinajstić information content (AvgIpc) is 3.11. The summed E-state index contributed by atoms with van der Waals surface area (Å²) in [6.45, 7) is 5.61. The molecule has 0 atom stereocenters. The fourth-order valence-electron chi connectivity index (χ4n) is 3.07. The molecule has 1 aliphatic rings. The molecule has 0 aromatic carbocycles. The maximum atomic E-state index is 12.5. The smallest absolute Gasteiger partial charge is 0.289 e. The van der Waals surface area contributed by atoms with Crippen molar-refractivity contribution >= 4 is 11.8 Å². The predicted molar refractivity (Wildman–Crippen MR) is 87.8 cm³/mol. The molecule has 0 bridgehead atoms. The van der Waals surface area contributed by atoms with Crippen LogP contribution in [0.1, 0.15) is 50.1 Å². The fraction of sp³-hybridized carbons (Fsp3) is 0.647. The number of piperidine rings is 1. The summed E-state index contributed by atoms with van der Waals surface area (Å²) in [5.41, 5.74) is 5.36. The monoisotopic (exact) mass is 321 g/mol. The van der Waals surface area contributed by atoms with E-state index >= 15 is 0 Å². The van der Waals surface area contributed by atoms with E-state index in [2.05, 4.69) is 5.32 Å². The van der Waals surface area contributed by atoms with Gasteiger partial charge < -0.3 is 20.4 Å². The van der Waals surface area contributed by atoms with Crippen molar-refractivity contribution in [2.24, 2.45) is 11.1 Å². The van der Waals surface area contributed by atoms with Gasteiger partial charge >= 0.3 is 0 Å². The van der Waals surface area contributed by atoms with E-state index in [1.807, 2.05) is 13.8 Å². The fourth-order valence-corrected chi connectivity index (χ4v) is 3.07. The molecule has 0 radical (unpaired) electrons. The molecule has 6 heteroatoms. The molecule has 2 rings (SSSR count). The van der Waals surface area contributed by atoms with Crippen LogP contribution < -0.4 is 11.1 Å². The van der Waals surface area contributed by atoms with Crippen LogP contribution in [0.5, 0.6) is 0 Å². The minimum atomic E-state index is -0.471. The number of rotatable bonds is 6. The number of nitrogens with zero attached hydrogens (tertiary/aromatic N) is 1. The Hall–Kier alpha value is -1.82. The second kappa shape index (κ2) is 7.64. The lowest BCUT2D eigenvalue weighted by Gasteiger charge is -2.35. The van der Waals surface area contributed by atoms with Gasteiger partial charge in [0.05, 0.1) is 11.7 Å². The Bertz CT molecular complexity index is 507. The van der Waals surface area contributed by atoms with Gasteiger partial charge in [-0.2, -0.15) is 0 Å². The SMILES string of the molecule is CCC(CC)(CN)C(=O)NC1CCN(C(=O)c2ccco2)CC1. The third-order valence-corrected chi connectivity index (χ3v) is 5.08. The Balaban J connectivity index is 1.87. The molecule has 23 heavy (non-hydrogen) atoms. The summed E-state index contributed by atoms with van der Waals surface area (Å²) in [5.74, 6) is 0.325. The van der Waals surface area contributed by atoms with Gasteiger partial charge in [-0.3, -0.25) is 9.59 Å². The summed E-state index contributed by atoms with van der Waals surface area (Å²) >= 11 is 0. The van der Waals surface area contributed by atoms with E-state index in [4.69, 9.17) is 10.2 Å². The molecule has 0 unspecified atom stereocenters. The van der Waals surface area contributed by atoms with E-state index in [0.717, 1.165) is 25.7 Å². The zero-order valence-electron chi connectivity index (χ0n) is 14.0. The quantitative estimate of drug-likeness (QED) is 0.835. The van der Waals surface area contributed by atoms with Gasteiger partial charge in [-0.25, -0.2) is 0 Å². The average molecular weight is 321 g/mol. The van der Waals surface area contributed by atoms with Crippen molar-refractivity contribution in [3.8, 4) is 0 Å². The highest BCUT2D eigenvalue weighted by atomic mass is 16.3. The summed E-state index contributed by atoms with van der Waals surface area (Å²) < 4.78 is 5.15. The first-order chi connectivity index (χ1) is 11.1. The van der Waals surface area contributed by atoms with E-state index in [1.54, 1.807) is 17.0 Å². The zero-order valence-corrected chi connectivity index (χ0v) is 14.0. The minimum Gasteiger partial charge on any atom is -0.459 e. The van der Waals surface area contributed by atoms with Crippen LogP contribution in [-0.4, -0.2) is 42.4 Å². The van der Waals surface area contributed by atoms with Crippen LogP contribution in [0.4, 0.5) is 0 Å². The predicted octanol–water partition coefficient (Wildman–Crippen LogP) is 1.77. The molecule has 1 fully saturated rings. The first kappa shape index (κ1) is 17.5. The number of amides is 2. The van der Waals surface area contributed by atoms with E-state index in [0.29, 0.717) is 25.4 Å². The Morgan fingerprint density at radius 2 is 2.00 bits per heavy atom. The van der Waals surface area contributed by atoms with E-state index < -0.39 is 5.41 Å². The number of carbonyl (C=O) groups excluding carboxylic acids is 2. The van der Waals surface area contributed by atoms with Gasteiger partial charge in [-0.15, -0.1) is 0 Å². The number of hydrogen-bond acceptors (Lipinski definition) is 4. The first-order valence-electron chi connectivity index (χ1n) is 8.40. The normalized spacial score (nSPS) is 16.4. The van der Waals surface area contributed by atoms with Crippen molar-refractivity contribution in [2.75, 3.05) is 19.6 Å². The maximum Gasteiger partial charge on any atom is 0.289 e. The van der Waals surface area contributed by atoms with Gasteiger partial charge in [-0.1, -0.05) is 13.8 Å². The van der Waals surface area contributed by atoms with Gasteiger partial charge in [0.1, 0.15) is 0 Å².